The Balaban J connectivity index is 3.31. The molecular formula is C8H18N2O2. The van der Waals surface area contributed by atoms with Crippen molar-refractivity contribution in [2.24, 2.45) is 5.73 Å². The van der Waals surface area contributed by atoms with E-state index in [0.717, 1.165) is 19.4 Å². The van der Waals surface area contributed by atoms with Gasteiger partial charge in [0.2, 0.25) is 0 Å². The monoisotopic (exact) mass is 174 g/mol. The van der Waals surface area contributed by atoms with Crippen molar-refractivity contribution in [3.8, 4) is 0 Å². The molecule has 1 unspecified atom stereocenters. The molecule has 0 rings (SSSR count). The molecule has 12 heavy (non-hydrogen) atoms. The summed E-state index contributed by atoms with van der Waals surface area (Å²) in [6.45, 7) is 0.966. The number of carbonyl (C=O) groups is 1. The lowest BCUT2D eigenvalue weighted by atomic mass is 10.1. The fourth-order valence-corrected chi connectivity index (χ4v) is 0.935. The summed E-state index contributed by atoms with van der Waals surface area (Å²) in [7, 11) is 3.26. The van der Waals surface area contributed by atoms with E-state index in [9.17, 15) is 4.79 Å². The molecule has 4 nitrogen and oxygen atoms in total. The molecule has 3 N–H and O–H groups in total. The Hall–Kier alpha value is -0.610. The molecule has 0 spiro atoms. The van der Waals surface area contributed by atoms with Gasteiger partial charge in [0.1, 0.15) is 6.04 Å². The number of ether oxygens (including phenoxy) is 1. The third-order valence-corrected chi connectivity index (χ3v) is 1.70. The van der Waals surface area contributed by atoms with E-state index in [1.54, 1.807) is 0 Å². The molecule has 72 valence electrons. The standard InChI is InChI=1S/C8H18N2O2/c1-10-6-4-3-5-7(9)8(11)12-2/h7,10H,3-6,9H2,1-2H3. The van der Waals surface area contributed by atoms with Gasteiger partial charge in [-0.2, -0.15) is 0 Å². The van der Waals surface area contributed by atoms with E-state index in [2.05, 4.69) is 10.1 Å². The zero-order valence-corrected chi connectivity index (χ0v) is 7.80. The zero-order chi connectivity index (χ0) is 9.40. The average molecular weight is 174 g/mol. The molecule has 0 radical (unpaired) electrons. The molecule has 0 saturated heterocycles. The minimum Gasteiger partial charge on any atom is -0.468 e. The van der Waals surface area contributed by atoms with Crippen molar-refractivity contribution in [2.45, 2.75) is 25.3 Å². The summed E-state index contributed by atoms with van der Waals surface area (Å²) in [5, 5.41) is 3.03. The average Bonchev–Trinajstić information content (AvgIpc) is 2.10. The number of nitrogens with two attached hydrogens (primary N) is 1. The SMILES string of the molecule is CNCCCCC(N)C(=O)OC. The molecule has 0 aliphatic rings. The van der Waals surface area contributed by atoms with Gasteiger partial charge in [-0.3, -0.25) is 4.79 Å². The minimum absolute atomic E-state index is 0.320. The molecule has 0 aromatic heterocycles. The first-order chi connectivity index (χ1) is 5.72. The Morgan fingerprint density at radius 3 is 2.75 bits per heavy atom. The number of nitrogens with one attached hydrogen (secondary N) is 1. The predicted octanol–water partition coefficient (Wildman–Crippen LogP) is -0.124. The van der Waals surface area contributed by atoms with Crippen LogP contribution in [0.15, 0.2) is 0 Å². The molecule has 4 heteroatoms. The summed E-state index contributed by atoms with van der Waals surface area (Å²) in [5.74, 6) is -0.320. The summed E-state index contributed by atoms with van der Waals surface area (Å²) in [6, 6.07) is -0.452. The lowest BCUT2D eigenvalue weighted by molar-refractivity contribution is -0.142. The normalized spacial score (nSPS) is 12.6. The highest BCUT2D eigenvalue weighted by Gasteiger charge is 2.11. The van der Waals surface area contributed by atoms with Crippen molar-refractivity contribution in [3.05, 3.63) is 0 Å². The number of rotatable bonds is 6. The molecule has 0 aliphatic heterocycles. The first-order valence-corrected chi connectivity index (χ1v) is 4.20. The third kappa shape index (κ3) is 5.09. The summed E-state index contributed by atoms with van der Waals surface area (Å²) in [4.78, 5) is 10.8. The van der Waals surface area contributed by atoms with Gasteiger partial charge in [-0.15, -0.1) is 0 Å². The molecule has 0 aromatic carbocycles. The largest absolute Gasteiger partial charge is 0.468 e. The first kappa shape index (κ1) is 11.4. The Labute approximate surface area is 73.5 Å². The summed E-state index contributed by atoms with van der Waals surface area (Å²) < 4.78 is 4.49. The van der Waals surface area contributed by atoms with E-state index in [-0.39, 0.29) is 5.97 Å². The van der Waals surface area contributed by atoms with Gasteiger partial charge in [-0.05, 0) is 26.4 Å². The number of carbonyl (C=O) groups excluding carboxylic acids is 1. The van der Waals surface area contributed by atoms with Gasteiger partial charge in [0, 0.05) is 0 Å². The van der Waals surface area contributed by atoms with Crippen molar-refractivity contribution in [3.63, 3.8) is 0 Å². The molecule has 1 atom stereocenters. The highest BCUT2D eigenvalue weighted by molar-refractivity contribution is 5.75. The maximum absolute atomic E-state index is 10.8. The Kier molecular flexibility index (Phi) is 6.70. The zero-order valence-electron chi connectivity index (χ0n) is 7.80. The van der Waals surface area contributed by atoms with Gasteiger partial charge in [-0.1, -0.05) is 6.42 Å². The van der Waals surface area contributed by atoms with Crippen molar-refractivity contribution in [1.29, 1.82) is 0 Å². The quantitative estimate of drug-likeness (QED) is 0.435. The molecule has 0 aromatic rings. The second-order valence-electron chi connectivity index (χ2n) is 2.73. The minimum atomic E-state index is -0.452. The van der Waals surface area contributed by atoms with Crippen molar-refractivity contribution >= 4 is 5.97 Å². The highest BCUT2D eigenvalue weighted by Crippen LogP contribution is 1.99. The summed E-state index contributed by atoms with van der Waals surface area (Å²) in [6.07, 6.45) is 2.70. The van der Waals surface area contributed by atoms with Crippen LogP contribution in [0.4, 0.5) is 0 Å². The van der Waals surface area contributed by atoms with Crippen LogP contribution in [0, 0.1) is 0 Å². The van der Waals surface area contributed by atoms with Crippen molar-refractivity contribution in [2.75, 3.05) is 20.7 Å². The summed E-state index contributed by atoms with van der Waals surface area (Å²) >= 11 is 0. The Bertz CT molecular complexity index is 128. The van der Waals surface area contributed by atoms with E-state index >= 15 is 0 Å². The van der Waals surface area contributed by atoms with Crippen molar-refractivity contribution in [1.82, 2.24) is 5.32 Å². The van der Waals surface area contributed by atoms with Crippen LogP contribution >= 0.6 is 0 Å². The van der Waals surface area contributed by atoms with E-state index in [4.69, 9.17) is 5.73 Å². The second-order valence-corrected chi connectivity index (χ2v) is 2.73. The predicted molar refractivity (Wildman–Crippen MR) is 47.8 cm³/mol. The smallest absolute Gasteiger partial charge is 0.322 e. The van der Waals surface area contributed by atoms with Gasteiger partial charge < -0.3 is 15.8 Å². The lowest BCUT2D eigenvalue weighted by Crippen LogP contribution is -2.31. The molecule has 0 aliphatic carbocycles. The number of esters is 1. The highest BCUT2D eigenvalue weighted by atomic mass is 16.5. The van der Waals surface area contributed by atoms with Crippen LogP contribution in [0.2, 0.25) is 0 Å². The summed E-state index contributed by atoms with van der Waals surface area (Å²) in [5.41, 5.74) is 5.52. The second kappa shape index (κ2) is 7.06. The van der Waals surface area contributed by atoms with Gasteiger partial charge in [0.25, 0.3) is 0 Å². The van der Waals surface area contributed by atoms with E-state index in [0.29, 0.717) is 6.42 Å². The number of methoxy groups -OCH3 is 1. The topological polar surface area (TPSA) is 64.3 Å². The molecule has 0 amide bonds. The van der Waals surface area contributed by atoms with Crippen LogP contribution in [0.3, 0.4) is 0 Å². The van der Waals surface area contributed by atoms with Crippen LogP contribution in [-0.2, 0) is 9.53 Å². The van der Waals surface area contributed by atoms with Crippen molar-refractivity contribution < 1.29 is 9.53 Å². The van der Waals surface area contributed by atoms with Gasteiger partial charge in [0.05, 0.1) is 7.11 Å². The van der Waals surface area contributed by atoms with E-state index in [1.807, 2.05) is 7.05 Å². The third-order valence-electron chi connectivity index (χ3n) is 1.70. The van der Waals surface area contributed by atoms with Crippen LogP contribution in [-0.4, -0.2) is 32.7 Å². The molecular weight excluding hydrogens is 156 g/mol. The van der Waals surface area contributed by atoms with Gasteiger partial charge in [0.15, 0.2) is 0 Å². The Morgan fingerprint density at radius 2 is 2.25 bits per heavy atom. The van der Waals surface area contributed by atoms with Crippen LogP contribution in [0.25, 0.3) is 0 Å². The fourth-order valence-electron chi connectivity index (χ4n) is 0.935. The van der Waals surface area contributed by atoms with Crippen LogP contribution in [0.5, 0.6) is 0 Å². The molecule has 0 fully saturated rings. The molecule has 0 heterocycles. The van der Waals surface area contributed by atoms with Crippen LogP contribution < -0.4 is 11.1 Å². The van der Waals surface area contributed by atoms with Gasteiger partial charge >= 0.3 is 5.97 Å². The Morgan fingerprint density at radius 1 is 1.58 bits per heavy atom. The number of hydrogen-bond acceptors (Lipinski definition) is 4. The number of unbranched alkanes of at least 4 members (excludes halogenated alkanes) is 1. The molecule has 0 bridgehead atoms. The maximum Gasteiger partial charge on any atom is 0.322 e. The van der Waals surface area contributed by atoms with E-state index < -0.39 is 6.04 Å². The lowest BCUT2D eigenvalue weighted by Gasteiger charge is -2.07. The van der Waals surface area contributed by atoms with E-state index in [1.165, 1.54) is 7.11 Å². The number of hydrogen-bond donors (Lipinski definition) is 2. The van der Waals surface area contributed by atoms with Gasteiger partial charge in [-0.25, -0.2) is 0 Å². The maximum atomic E-state index is 10.8. The molecule has 0 saturated carbocycles. The van der Waals surface area contributed by atoms with Crippen LogP contribution in [0.1, 0.15) is 19.3 Å². The fraction of sp³-hybridized carbons (Fsp3) is 0.875. The first-order valence-electron chi connectivity index (χ1n) is 4.20.